The van der Waals surface area contributed by atoms with Crippen LogP contribution in [-0.2, 0) is 9.53 Å². The van der Waals surface area contributed by atoms with Gasteiger partial charge in [-0.2, -0.15) is 0 Å². The van der Waals surface area contributed by atoms with Gasteiger partial charge >= 0.3 is 12.0 Å². The number of nitrogens with zero attached hydrogens (tertiary/aromatic N) is 3. The minimum absolute atomic E-state index is 0.0322. The molecule has 2 fully saturated rings. The van der Waals surface area contributed by atoms with E-state index in [9.17, 15) is 14.4 Å². The molecule has 0 aromatic heterocycles. The number of hydrogen-bond acceptors (Lipinski definition) is 7. The van der Waals surface area contributed by atoms with Crippen molar-refractivity contribution in [3.8, 4) is 5.75 Å². The Hall–Kier alpha value is -3.95. The van der Waals surface area contributed by atoms with Crippen molar-refractivity contribution in [2.75, 3.05) is 74.6 Å². The molecule has 2 aromatic carbocycles. The number of hydrogen-bond donors (Lipinski definition) is 2. The number of nitrogens with one attached hydrogen (secondary N) is 2. The summed E-state index contributed by atoms with van der Waals surface area (Å²) in [7, 11) is 1.68. The van der Waals surface area contributed by atoms with E-state index >= 15 is 0 Å². The predicted octanol–water partition coefficient (Wildman–Crippen LogP) is 2.94. The summed E-state index contributed by atoms with van der Waals surface area (Å²) in [4.78, 5) is 43.7. The number of piperazine rings is 1. The van der Waals surface area contributed by atoms with E-state index in [1.165, 1.54) is 0 Å². The lowest BCUT2D eigenvalue weighted by molar-refractivity contribution is -0.141. The van der Waals surface area contributed by atoms with Gasteiger partial charge in [0.15, 0.2) is 0 Å². The zero-order valence-corrected chi connectivity index (χ0v) is 21.5. The quantitative estimate of drug-likeness (QED) is 0.528. The Balaban J connectivity index is 1.49. The third-order valence-electron chi connectivity index (χ3n) is 6.62. The summed E-state index contributed by atoms with van der Waals surface area (Å²) in [5.74, 6) is 0.304. The number of carbonyl (C=O) groups excluding carboxylic acids is 3. The minimum atomic E-state index is -0.536. The van der Waals surface area contributed by atoms with Crippen molar-refractivity contribution in [3.05, 3.63) is 48.0 Å². The van der Waals surface area contributed by atoms with E-state index in [-0.39, 0.29) is 19.1 Å². The van der Waals surface area contributed by atoms with Crippen molar-refractivity contribution >= 4 is 35.0 Å². The van der Waals surface area contributed by atoms with Crippen LogP contribution in [0.3, 0.4) is 0 Å². The molecule has 10 nitrogen and oxygen atoms in total. The van der Waals surface area contributed by atoms with E-state index < -0.39 is 12.0 Å². The molecule has 0 radical (unpaired) electrons. The number of anilines is 3. The summed E-state index contributed by atoms with van der Waals surface area (Å²) >= 11 is 0. The minimum Gasteiger partial charge on any atom is -0.495 e. The van der Waals surface area contributed by atoms with E-state index in [4.69, 9.17) is 9.47 Å². The van der Waals surface area contributed by atoms with Crippen LogP contribution in [0.5, 0.6) is 5.75 Å². The number of urea groups is 1. The summed E-state index contributed by atoms with van der Waals surface area (Å²) in [6.07, 6.45) is 1.99. The van der Waals surface area contributed by atoms with Crippen molar-refractivity contribution < 1.29 is 23.9 Å². The molecule has 2 aromatic rings. The number of esters is 1. The smallest absolute Gasteiger partial charge is 0.325 e. The second kappa shape index (κ2) is 12.3. The molecule has 0 unspecified atom stereocenters. The molecule has 2 saturated heterocycles. The topological polar surface area (TPSA) is 103 Å². The fourth-order valence-corrected chi connectivity index (χ4v) is 4.77. The second-order valence-electron chi connectivity index (χ2n) is 8.99. The van der Waals surface area contributed by atoms with Gasteiger partial charge in [0.2, 0.25) is 0 Å². The summed E-state index contributed by atoms with van der Waals surface area (Å²) < 4.78 is 10.4. The number of para-hydroxylation sites is 2. The van der Waals surface area contributed by atoms with E-state index in [0.29, 0.717) is 11.3 Å². The molecular weight excluding hydrogens is 474 g/mol. The molecule has 2 aliphatic rings. The Morgan fingerprint density at radius 2 is 1.57 bits per heavy atom. The number of rotatable bonds is 8. The molecule has 2 aliphatic heterocycles. The predicted molar refractivity (Wildman–Crippen MR) is 143 cm³/mol. The maximum atomic E-state index is 13.5. The summed E-state index contributed by atoms with van der Waals surface area (Å²) in [6.45, 7) is 6.25. The van der Waals surface area contributed by atoms with Gasteiger partial charge in [0.05, 0.1) is 25.0 Å². The largest absolute Gasteiger partial charge is 0.495 e. The maximum Gasteiger partial charge on any atom is 0.325 e. The number of ether oxygens (including phenoxy) is 2. The highest BCUT2D eigenvalue weighted by molar-refractivity contribution is 6.02. The number of likely N-dealkylation sites (tertiary alicyclic amines) is 1. The Bertz CT molecular complexity index is 1110. The van der Waals surface area contributed by atoms with Crippen LogP contribution in [0.2, 0.25) is 0 Å². The molecule has 0 aliphatic carbocycles. The molecule has 2 heterocycles. The van der Waals surface area contributed by atoms with Gasteiger partial charge in [0.25, 0.3) is 5.91 Å². The molecule has 37 heavy (non-hydrogen) atoms. The first-order chi connectivity index (χ1) is 18.0. The average molecular weight is 510 g/mol. The Kier molecular flexibility index (Phi) is 8.71. The van der Waals surface area contributed by atoms with Crippen LogP contribution in [0, 0.1) is 0 Å². The van der Waals surface area contributed by atoms with Crippen LogP contribution in [0.1, 0.15) is 30.1 Å². The molecule has 10 heteroatoms. The maximum absolute atomic E-state index is 13.5. The molecule has 0 atom stereocenters. The lowest BCUT2D eigenvalue weighted by Gasteiger charge is -2.38. The van der Waals surface area contributed by atoms with Gasteiger partial charge < -0.3 is 34.8 Å². The molecule has 0 saturated carbocycles. The molecule has 2 N–H and O–H groups in total. The number of carbonyl (C=O) groups is 3. The molecule has 3 amide bonds. The fourth-order valence-electron chi connectivity index (χ4n) is 4.77. The lowest BCUT2D eigenvalue weighted by Crippen LogP contribution is -2.47. The summed E-state index contributed by atoms with van der Waals surface area (Å²) in [5, 5.41) is 5.21. The summed E-state index contributed by atoms with van der Waals surface area (Å²) in [6, 6.07) is 12.9. The van der Waals surface area contributed by atoms with Crippen LogP contribution >= 0.6 is 0 Å². The van der Waals surface area contributed by atoms with E-state index in [1.54, 1.807) is 26.2 Å². The zero-order chi connectivity index (χ0) is 26.2. The van der Waals surface area contributed by atoms with Crippen molar-refractivity contribution in [2.45, 2.75) is 19.8 Å². The number of benzene rings is 2. The molecular formula is C27H35N5O5. The number of amides is 3. The standard InChI is InChI=1S/C27H35N5O5/c1-3-37-25(33)19-28-27(35)29-20-10-11-22(21(18-20)26(34)32-12-6-7-13-32)30-14-16-31(17-15-30)23-8-4-5-9-24(23)36-2/h4-5,8-11,18H,3,6-7,12-17,19H2,1-2H3,(H2,28,29,35). The molecule has 198 valence electrons. The van der Waals surface area contributed by atoms with Gasteiger partial charge in [-0.25, -0.2) is 4.79 Å². The first-order valence-electron chi connectivity index (χ1n) is 12.8. The van der Waals surface area contributed by atoms with Gasteiger partial charge in [0, 0.05) is 50.6 Å². The van der Waals surface area contributed by atoms with Crippen molar-refractivity contribution in [1.82, 2.24) is 10.2 Å². The zero-order valence-electron chi connectivity index (χ0n) is 21.5. The third-order valence-corrected chi connectivity index (χ3v) is 6.62. The fraction of sp³-hybridized carbons (Fsp3) is 0.444. The van der Waals surface area contributed by atoms with Crippen molar-refractivity contribution in [2.24, 2.45) is 0 Å². The number of methoxy groups -OCH3 is 1. The van der Waals surface area contributed by atoms with Crippen LogP contribution in [0.15, 0.2) is 42.5 Å². The monoisotopic (exact) mass is 509 g/mol. The Labute approximate surface area is 217 Å². The normalized spacial score (nSPS) is 15.4. The van der Waals surface area contributed by atoms with Crippen LogP contribution in [0.4, 0.5) is 21.9 Å². The van der Waals surface area contributed by atoms with Crippen LogP contribution in [-0.4, -0.2) is 82.3 Å². The highest BCUT2D eigenvalue weighted by Crippen LogP contribution is 2.31. The highest BCUT2D eigenvalue weighted by Gasteiger charge is 2.27. The Morgan fingerprint density at radius 1 is 0.892 bits per heavy atom. The van der Waals surface area contributed by atoms with Crippen LogP contribution < -0.4 is 25.2 Å². The van der Waals surface area contributed by atoms with Gasteiger partial charge in [0.1, 0.15) is 12.3 Å². The van der Waals surface area contributed by atoms with Gasteiger partial charge in [-0.05, 0) is 50.1 Å². The van der Waals surface area contributed by atoms with Crippen LogP contribution in [0.25, 0.3) is 0 Å². The van der Waals surface area contributed by atoms with Crippen molar-refractivity contribution in [1.29, 1.82) is 0 Å². The van der Waals surface area contributed by atoms with E-state index in [0.717, 1.165) is 69.2 Å². The average Bonchev–Trinajstić information content (AvgIpc) is 3.47. The molecule has 4 rings (SSSR count). The lowest BCUT2D eigenvalue weighted by atomic mass is 10.1. The second-order valence-corrected chi connectivity index (χ2v) is 8.99. The third kappa shape index (κ3) is 6.44. The SMILES string of the molecule is CCOC(=O)CNC(=O)Nc1ccc(N2CCN(c3ccccc3OC)CC2)c(C(=O)N2CCCC2)c1. The summed E-state index contributed by atoms with van der Waals surface area (Å²) in [5.41, 5.74) is 2.97. The molecule has 0 spiro atoms. The highest BCUT2D eigenvalue weighted by atomic mass is 16.5. The molecule has 0 bridgehead atoms. The first-order valence-corrected chi connectivity index (χ1v) is 12.8. The van der Waals surface area contributed by atoms with Crippen molar-refractivity contribution in [3.63, 3.8) is 0 Å². The van der Waals surface area contributed by atoms with Gasteiger partial charge in [-0.1, -0.05) is 12.1 Å². The van der Waals surface area contributed by atoms with Gasteiger partial charge in [-0.3, -0.25) is 9.59 Å². The van der Waals surface area contributed by atoms with E-state index in [2.05, 4.69) is 26.5 Å². The first kappa shape index (κ1) is 26.1. The Morgan fingerprint density at radius 3 is 2.24 bits per heavy atom. The van der Waals surface area contributed by atoms with Gasteiger partial charge in [-0.15, -0.1) is 0 Å². The van der Waals surface area contributed by atoms with E-state index in [1.807, 2.05) is 29.2 Å².